The highest BCUT2D eigenvalue weighted by molar-refractivity contribution is 5.89. The minimum atomic E-state index is -0.991. The van der Waals surface area contributed by atoms with Crippen LogP contribution < -0.4 is 5.43 Å². The molecule has 0 heterocycles. The Morgan fingerprint density at radius 3 is 2.71 bits per heavy atom. The molecule has 5 heteroatoms. The average Bonchev–Trinajstić information content (AvgIpc) is 2.44. The van der Waals surface area contributed by atoms with Gasteiger partial charge in [-0.1, -0.05) is 12.1 Å². The summed E-state index contributed by atoms with van der Waals surface area (Å²) in [5, 5.41) is 22.9. The van der Waals surface area contributed by atoms with Crippen molar-refractivity contribution in [3.63, 3.8) is 0 Å². The summed E-state index contributed by atoms with van der Waals surface area (Å²) in [5.41, 5.74) is 5.91. The van der Waals surface area contributed by atoms with Gasteiger partial charge in [0.2, 0.25) is 0 Å². The van der Waals surface area contributed by atoms with Gasteiger partial charge >= 0.3 is 5.97 Å². The van der Waals surface area contributed by atoms with Crippen LogP contribution in [-0.4, -0.2) is 22.4 Å². The number of carbonyl (C=O) groups is 1. The number of phenols is 1. The van der Waals surface area contributed by atoms with Crippen molar-refractivity contribution in [1.82, 2.24) is 0 Å². The minimum Gasteiger partial charge on any atom is -0.507 e. The van der Waals surface area contributed by atoms with Crippen molar-refractivity contribution >= 4 is 17.9 Å². The van der Waals surface area contributed by atoms with Crippen LogP contribution in [-0.2, 0) is 0 Å². The quantitative estimate of drug-likeness (QED) is 0.595. The van der Waals surface area contributed by atoms with Gasteiger partial charge in [0.25, 0.3) is 0 Å². The maximum Gasteiger partial charge on any atom is 0.335 e. The monoisotopic (exact) mass is 284 g/mol. The number of phenolic OH excluding ortho intramolecular Hbond substituents is 1. The van der Waals surface area contributed by atoms with E-state index < -0.39 is 5.97 Å². The molecule has 0 bridgehead atoms. The highest BCUT2D eigenvalue weighted by Gasteiger charge is 2.04. The summed E-state index contributed by atoms with van der Waals surface area (Å²) in [5.74, 6) is -0.806. The molecule has 2 aromatic rings. The second-order valence-electron chi connectivity index (χ2n) is 4.78. The molecule has 0 aliphatic rings. The summed E-state index contributed by atoms with van der Waals surface area (Å²) in [4.78, 5) is 10.9. The fourth-order valence-electron chi connectivity index (χ4n) is 1.99. The van der Waals surface area contributed by atoms with Crippen LogP contribution in [0.4, 0.5) is 5.69 Å². The zero-order chi connectivity index (χ0) is 15.4. The molecule has 108 valence electrons. The molecule has 0 unspecified atom stereocenters. The molecule has 0 atom stereocenters. The Morgan fingerprint density at radius 2 is 2.00 bits per heavy atom. The van der Waals surface area contributed by atoms with Crippen LogP contribution >= 0.6 is 0 Å². The summed E-state index contributed by atoms with van der Waals surface area (Å²) in [6.45, 7) is 3.76. The molecule has 0 radical (unpaired) electrons. The molecule has 0 aliphatic carbocycles. The molecule has 0 spiro atoms. The molecule has 5 nitrogen and oxygen atoms in total. The Hall–Kier alpha value is -2.82. The number of hydrogen-bond donors (Lipinski definition) is 3. The first-order valence-electron chi connectivity index (χ1n) is 6.40. The topological polar surface area (TPSA) is 81.9 Å². The van der Waals surface area contributed by atoms with Crippen LogP contribution in [0.3, 0.4) is 0 Å². The zero-order valence-corrected chi connectivity index (χ0v) is 11.8. The van der Waals surface area contributed by atoms with E-state index in [9.17, 15) is 9.90 Å². The molecule has 3 N–H and O–H groups in total. The van der Waals surface area contributed by atoms with Crippen LogP contribution in [0.5, 0.6) is 5.75 Å². The van der Waals surface area contributed by atoms with E-state index in [1.807, 2.05) is 26.0 Å². The molecule has 2 aromatic carbocycles. The van der Waals surface area contributed by atoms with Crippen LogP contribution in [0.25, 0.3) is 0 Å². The van der Waals surface area contributed by atoms with E-state index in [0.717, 1.165) is 11.1 Å². The maximum atomic E-state index is 10.9. The van der Waals surface area contributed by atoms with Crippen molar-refractivity contribution in [2.24, 2.45) is 5.10 Å². The number of aromatic carboxylic acids is 1. The number of nitrogens with one attached hydrogen (secondary N) is 1. The first-order valence-corrected chi connectivity index (χ1v) is 6.40. The molecular formula is C16H16N2O3. The first-order chi connectivity index (χ1) is 9.97. The number of carboxylic acid groups (broad SMARTS) is 1. The SMILES string of the molecule is Cc1cc(C)c(O)c(C=NNc2cccc(C(=O)O)c2)c1. The molecule has 0 saturated heterocycles. The number of carboxylic acids is 1. The molecule has 0 aliphatic heterocycles. The number of anilines is 1. The number of hydrogen-bond acceptors (Lipinski definition) is 4. The molecule has 0 amide bonds. The van der Waals surface area contributed by atoms with Crippen LogP contribution in [0.15, 0.2) is 41.5 Å². The van der Waals surface area contributed by atoms with Gasteiger partial charge < -0.3 is 10.2 Å². The van der Waals surface area contributed by atoms with Gasteiger partial charge in [-0.3, -0.25) is 5.43 Å². The fraction of sp³-hybridized carbons (Fsp3) is 0.125. The van der Waals surface area contributed by atoms with Gasteiger partial charge in [-0.2, -0.15) is 5.10 Å². The maximum absolute atomic E-state index is 10.9. The second-order valence-corrected chi connectivity index (χ2v) is 4.78. The van der Waals surface area contributed by atoms with Gasteiger partial charge in [-0.25, -0.2) is 4.79 Å². The molecule has 0 aromatic heterocycles. The number of benzene rings is 2. The normalized spacial score (nSPS) is 10.8. The van der Waals surface area contributed by atoms with Gasteiger partial charge in [0.1, 0.15) is 5.75 Å². The van der Waals surface area contributed by atoms with E-state index in [2.05, 4.69) is 10.5 Å². The third kappa shape index (κ3) is 3.60. The Morgan fingerprint density at radius 1 is 1.24 bits per heavy atom. The summed E-state index contributed by atoms with van der Waals surface area (Å²) in [6, 6.07) is 10.0. The predicted octanol–water partition coefficient (Wildman–Crippen LogP) is 3.15. The average molecular weight is 284 g/mol. The minimum absolute atomic E-state index is 0.185. The molecule has 0 saturated carbocycles. The second kappa shape index (κ2) is 6.09. The van der Waals surface area contributed by atoms with Gasteiger partial charge in [0, 0.05) is 5.56 Å². The van der Waals surface area contributed by atoms with E-state index in [0.29, 0.717) is 11.3 Å². The van der Waals surface area contributed by atoms with Gasteiger partial charge in [-0.15, -0.1) is 0 Å². The summed E-state index contributed by atoms with van der Waals surface area (Å²) < 4.78 is 0. The van der Waals surface area contributed by atoms with Crippen LogP contribution in [0, 0.1) is 13.8 Å². The van der Waals surface area contributed by atoms with Crippen molar-refractivity contribution in [3.8, 4) is 5.75 Å². The Labute approximate surface area is 122 Å². The standard InChI is InChI=1S/C16H16N2O3/c1-10-6-11(2)15(19)13(7-10)9-17-18-14-5-3-4-12(8-14)16(20)21/h3-9,18-19H,1-2H3,(H,20,21). The lowest BCUT2D eigenvalue weighted by molar-refractivity contribution is 0.0697. The molecule has 2 rings (SSSR count). The van der Waals surface area contributed by atoms with Crippen molar-refractivity contribution in [3.05, 3.63) is 58.7 Å². The van der Waals surface area contributed by atoms with E-state index >= 15 is 0 Å². The fourth-order valence-corrected chi connectivity index (χ4v) is 1.99. The number of aryl methyl sites for hydroxylation is 2. The Bertz CT molecular complexity index is 709. The van der Waals surface area contributed by atoms with Crippen molar-refractivity contribution in [2.45, 2.75) is 13.8 Å². The number of aromatic hydroxyl groups is 1. The third-order valence-corrected chi connectivity index (χ3v) is 2.98. The predicted molar refractivity (Wildman–Crippen MR) is 82.2 cm³/mol. The number of rotatable bonds is 4. The highest BCUT2D eigenvalue weighted by Crippen LogP contribution is 2.22. The number of hydrazone groups is 1. The van der Waals surface area contributed by atoms with Crippen LogP contribution in [0.1, 0.15) is 27.0 Å². The van der Waals surface area contributed by atoms with Crippen molar-refractivity contribution in [2.75, 3.05) is 5.43 Å². The van der Waals surface area contributed by atoms with Crippen molar-refractivity contribution < 1.29 is 15.0 Å². The molecule has 0 fully saturated rings. The largest absolute Gasteiger partial charge is 0.507 e. The Kier molecular flexibility index (Phi) is 4.23. The summed E-state index contributed by atoms with van der Waals surface area (Å²) in [7, 11) is 0. The number of nitrogens with zero attached hydrogens (tertiary/aromatic N) is 1. The third-order valence-electron chi connectivity index (χ3n) is 2.98. The lowest BCUT2D eigenvalue weighted by atomic mass is 10.1. The zero-order valence-electron chi connectivity index (χ0n) is 11.8. The van der Waals surface area contributed by atoms with Gasteiger partial charge in [0.15, 0.2) is 0 Å². The molecular weight excluding hydrogens is 268 g/mol. The lowest BCUT2D eigenvalue weighted by Gasteiger charge is -2.05. The summed E-state index contributed by atoms with van der Waals surface area (Å²) >= 11 is 0. The van der Waals surface area contributed by atoms with Gasteiger partial charge in [-0.05, 0) is 49.2 Å². The van der Waals surface area contributed by atoms with E-state index in [-0.39, 0.29) is 11.3 Å². The summed E-state index contributed by atoms with van der Waals surface area (Å²) in [6.07, 6.45) is 1.50. The van der Waals surface area contributed by atoms with Crippen LogP contribution in [0.2, 0.25) is 0 Å². The van der Waals surface area contributed by atoms with E-state index in [4.69, 9.17) is 5.11 Å². The highest BCUT2D eigenvalue weighted by atomic mass is 16.4. The van der Waals surface area contributed by atoms with E-state index in [1.54, 1.807) is 12.1 Å². The van der Waals surface area contributed by atoms with Crippen molar-refractivity contribution in [1.29, 1.82) is 0 Å². The lowest BCUT2D eigenvalue weighted by Crippen LogP contribution is -1.98. The van der Waals surface area contributed by atoms with Gasteiger partial charge in [0.05, 0.1) is 17.5 Å². The molecule has 21 heavy (non-hydrogen) atoms. The Balaban J connectivity index is 2.16. The first kappa shape index (κ1) is 14.6. The van der Waals surface area contributed by atoms with E-state index in [1.165, 1.54) is 18.3 Å². The smallest absolute Gasteiger partial charge is 0.335 e.